The van der Waals surface area contributed by atoms with Crippen molar-refractivity contribution in [2.45, 2.75) is 51.7 Å². The maximum absolute atomic E-state index is 13.9. The summed E-state index contributed by atoms with van der Waals surface area (Å²) >= 11 is 0. The van der Waals surface area contributed by atoms with Gasteiger partial charge in [0.15, 0.2) is 17.8 Å². The lowest BCUT2D eigenvalue weighted by Gasteiger charge is -2.29. The van der Waals surface area contributed by atoms with E-state index < -0.39 is 13.8 Å². The van der Waals surface area contributed by atoms with Gasteiger partial charge in [0.25, 0.3) is 0 Å². The Kier molecular flexibility index (Phi) is 8.12. The average molecular weight is 491 g/mol. The molecule has 1 fully saturated rings. The van der Waals surface area contributed by atoms with Gasteiger partial charge in [0.05, 0.1) is 25.0 Å². The van der Waals surface area contributed by atoms with Gasteiger partial charge in [0.1, 0.15) is 23.9 Å². The first kappa shape index (κ1) is 24.6. The Morgan fingerprint density at radius 1 is 1.18 bits per heavy atom. The van der Waals surface area contributed by atoms with Gasteiger partial charge in [-0.25, -0.2) is 20.0 Å². The third kappa shape index (κ3) is 6.31. The molecule has 0 amide bonds. The molecular formula is C22H31N6O5P. The Bertz CT molecular complexity index is 1110. The Balaban J connectivity index is 1.43. The van der Waals surface area contributed by atoms with Gasteiger partial charge in [-0.15, -0.1) is 0 Å². The van der Waals surface area contributed by atoms with Crippen molar-refractivity contribution in [1.29, 1.82) is 0 Å². The van der Waals surface area contributed by atoms with E-state index in [9.17, 15) is 4.57 Å². The summed E-state index contributed by atoms with van der Waals surface area (Å²) in [6.07, 6.45) is 3.91. The van der Waals surface area contributed by atoms with E-state index in [2.05, 4.69) is 20.0 Å². The largest absolute Gasteiger partial charge is 0.431 e. The summed E-state index contributed by atoms with van der Waals surface area (Å²) in [4.78, 5) is 12.5. The third-order valence-corrected chi connectivity index (χ3v) is 7.12. The number of nitrogens with zero attached hydrogens (tertiary/aromatic N) is 4. The molecule has 184 valence electrons. The lowest BCUT2D eigenvalue weighted by Crippen LogP contribution is -2.40. The molecule has 0 saturated carbocycles. The molecule has 3 N–H and O–H groups in total. The van der Waals surface area contributed by atoms with E-state index in [-0.39, 0.29) is 18.5 Å². The van der Waals surface area contributed by atoms with Gasteiger partial charge in [-0.05, 0) is 38.8 Å². The van der Waals surface area contributed by atoms with Crippen LogP contribution in [0, 0.1) is 0 Å². The second kappa shape index (κ2) is 11.2. The Labute approximate surface area is 198 Å². The Morgan fingerprint density at radius 2 is 1.91 bits per heavy atom. The topological polar surface area (TPSA) is 136 Å². The molecule has 1 aliphatic rings. The monoisotopic (exact) mass is 490 g/mol. The molecule has 0 spiro atoms. The van der Waals surface area contributed by atoms with Crippen molar-refractivity contribution in [1.82, 2.24) is 24.6 Å². The highest BCUT2D eigenvalue weighted by Gasteiger charge is 2.33. The zero-order valence-corrected chi connectivity index (χ0v) is 20.3. The molecule has 1 aliphatic heterocycles. The molecule has 4 rings (SSSR count). The van der Waals surface area contributed by atoms with Crippen LogP contribution < -0.4 is 15.3 Å². The second-order valence-corrected chi connectivity index (χ2v) is 10.3. The number of benzene rings is 1. The molecule has 1 aromatic carbocycles. The molecule has 12 heteroatoms. The van der Waals surface area contributed by atoms with Crippen molar-refractivity contribution in [2.24, 2.45) is 0 Å². The summed E-state index contributed by atoms with van der Waals surface area (Å²) in [5.74, 6) is 0.802. The average Bonchev–Trinajstić information content (AvgIpc) is 3.04. The fraction of sp³-hybridized carbons (Fsp3) is 0.500. The zero-order chi connectivity index (χ0) is 24.0. The molecule has 3 aromatic rings. The SMILES string of the molecule is C[C@H](Cn1cnc2c(N)ncnc21)OCP(=O)(N[C@@H](C)C1OCCCCO1)Oc1ccccc1. The number of hydrogen-bond donors (Lipinski definition) is 2. The predicted molar refractivity (Wildman–Crippen MR) is 127 cm³/mol. The summed E-state index contributed by atoms with van der Waals surface area (Å²) in [7, 11) is -3.48. The number of fused-ring (bicyclic) bond motifs is 1. The molecule has 1 unspecified atom stereocenters. The van der Waals surface area contributed by atoms with Crippen molar-refractivity contribution in [3.05, 3.63) is 43.0 Å². The summed E-state index contributed by atoms with van der Waals surface area (Å²) < 4.78 is 39.1. The summed E-state index contributed by atoms with van der Waals surface area (Å²) in [5, 5.41) is 3.09. The smallest absolute Gasteiger partial charge is 0.342 e. The predicted octanol–water partition coefficient (Wildman–Crippen LogP) is 3.17. The van der Waals surface area contributed by atoms with E-state index in [0.717, 1.165) is 12.8 Å². The van der Waals surface area contributed by atoms with Crippen LogP contribution in [0.15, 0.2) is 43.0 Å². The van der Waals surface area contributed by atoms with E-state index in [1.54, 1.807) is 18.5 Å². The zero-order valence-electron chi connectivity index (χ0n) is 19.4. The number of nitrogen functional groups attached to an aromatic ring is 1. The first-order valence-corrected chi connectivity index (χ1v) is 13.1. The van der Waals surface area contributed by atoms with Gasteiger partial charge in [-0.3, -0.25) is 4.57 Å². The van der Waals surface area contributed by atoms with E-state index >= 15 is 0 Å². The number of para-hydroxylation sites is 1. The van der Waals surface area contributed by atoms with Crippen LogP contribution in [-0.4, -0.2) is 57.5 Å². The van der Waals surface area contributed by atoms with Crippen LogP contribution in [0.4, 0.5) is 5.82 Å². The summed E-state index contributed by atoms with van der Waals surface area (Å²) in [5.41, 5.74) is 7.01. The van der Waals surface area contributed by atoms with Gasteiger partial charge >= 0.3 is 7.52 Å². The first-order valence-electron chi connectivity index (χ1n) is 11.3. The second-order valence-electron chi connectivity index (χ2n) is 8.25. The molecule has 3 atom stereocenters. The van der Waals surface area contributed by atoms with Gasteiger partial charge < -0.3 is 29.0 Å². The number of nitrogens with two attached hydrogens (primary N) is 1. The number of nitrogens with one attached hydrogen (secondary N) is 1. The van der Waals surface area contributed by atoms with Crippen LogP contribution >= 0.6 is 7.52 Å². The number of rotatable bonds is 10. The van der Waals surface area contributed by atoms with Gasteiger partial charge in [0.2, 0.25) is 0 Å². The van der Waals surface area contributed by atoms with E-state index in [0.29, 0.717) is 42.5 Å². The highest BCUT2D eigenvalue weighted by molar-refractivity contribution is 7.57. The Morgan fingerprint density at radius 3 is 2.65 bits per heavy atom. The molecule has 2 aromatic heterocycles. The van der Waals surface area contributed by atoms with Crippen molar-refractivity contribution in [3.8, 4) is 5.75 Å². The van der Waals surface area contributed by atoms with Gasteiger partial charge in [-0.2, -0.15) is 0 Å². The molecule has 0 radical (unpaired) electrons. The maximum Gasteiger partial charge on any atom is 0.342 e. The molecule has 3 heterocycles. The van der Waals surface area contributed by atoms with Crippen molar-refractivity contribution in [3.63, 3.8) is 0 Å². The number of anilines is 1. The van der Waals surface area contributed by atoms with Crippen LogP contribution in [0.3, 0.4) is 0 Å². The fourth-order valence-electron chi connectivity index (χ4n) is 3.64. The van der Waals surface area contributed by atoms with Crippen molar-refractivity contribution >= 4 is 24.5 Å². The fourth-order valence-corrected chi connectivity index (χ4v) is 5.48. The van der Waals surface area contributed by atoms with Gasteiger partial charge in [0, 0.05) is 13.2 Å². The number of imidazole rings is 1. The molecule has 0 aliphatic carbocycles. The van der Waals surface area contributed by atoms with Crippen molar-refractivity contribution in [2.75, 3.05) is 25.3 Å². The molecule has 11 nitrogen and oxygen atoms in total. The number of aromatic nitrogens is 4. The molecular weight excluding hydrogens is 459 g/mol. The lowest BCUT2D eigenvalue weighted by atomic mass is 10.3. The minimum Gasteiger partial charge on any atom is -0.431 e. The maximum atomic E-state index is 13.9. The van der Waals surface area contributed by atoms with Crippen LogP contribution in [-0.2, 0) is 25.3 Å². The van der Waals surface area contributed by atoms with Crippen molar-refractivity contribution < 1.29 is 23.3 Å². The van der Waals surface area contributed by atoms with Crippen LogP contribution in [0.1, 0.15) is 26.7 Å². The van der Waals surface area contributed by atoms with E-state index in [1.807, 2.05) is 36.6 Å². The Hall–Kier alpha value is -2.56. The molecule has 1 saturated heterocycles. The lowest BCUT2D eigenvalue weighted by molar-refractivity contribution is -0.138. The van der Waals surface area contributed by atoms with Crippen LogP contribution in [0.2, 0.25) is 0 Å². The summed E-state index contributed by atoms with van der Waals surface area (Å²) in [6.45, 7) is 5.37. The standard InChI is InChI=1S/C22H31N6O5P/c1-16(12-28-14-26-19-20(23)24-13-25-21(19)28)32-15-34(29,33-18-8-4-3-5-9-18)27-17(2)22-30-10-6-7-11-31-22/h3-5,8-9,13-14,16-17,22H,6-7,10-12,15H2,1-2H3,(H,27,29)(H2,23,24,25)/t16-,17+,34?/m1/s1. The number of ether oxygens (including phenoxy) is 3. The van der Waals surface area contributed by atoms with E-state index in [4.69, 9.17) is 24.5 Å². The van der Waals surface area contributed by atoms with E-state index in [1.165, 1.54) is 6.33 Å². The highest BCUT2D eigenvalue weighted by Crippen LogP contribution is 2.44. The molecule has 0 bridgehead atoms. The third-order valence-electron chi connectivity index (χ3n) is 5.32. The van der Waals surface area contributed by atoms with Crippen LogP contribution in [0.25, 0.3) is 11.2 Å². The first-order chi connectivity index (χ1) is 16.4. The van der Waals surface area contributed by atoms with Gasteiger partial charge in [-0.1, -0.05) is 18.2 Å². The van der Waals surface area contributed by atoms with Crippen LogP contribution in [0.5, 0.6) is 5.75 Å². The summed E-state index contributed by atoms with van der Waals surface area (Å²) in [6, 6.07) is 8.64. The highest BCUT2D eigenvalue weighted by atomic mass is 31.2. The number of hydrogen-bond acceptors (Lipinski definition) is 9. The quantitative estimate of drug-likeness (QED) is 0.408. The normalized spacial score (nSPS) is 18.8. The molecule has 34 heavy (non-hydrogen) atoms. The minimum absolute atomic E-state index is 0.149. The minimum atomic E-state index is -3.48.